The van der Waals surface area contributed by atoms with Gasteiger partial charge < -0.3 is 23.7 Å². The molecule has 6 atom stereocenters. The summed E-state index contributed by atoms with van der Waals surface area (Å²) in [4.78, 5) is 12.8. The number of nitrogens with zero attached hydrogens (tertiary/aromatic N) is 1. The highest BCUT2D eigenvalue weighted by Gasteiger charge is 2.54. The van der Waals surface area contributed by atoms with Gasteiger partial charge in [-0.15, -0.1) is 0 Å². The Balaban J connectivity index is 1.51. The maximum atomic E-state index is 12.8. The van der Waals surface area contributed by atoms with E-state index in [9.17, 15) is 10.1 Å². The molecule has 45 heavy (non-hydrogen) atoms. The fourth-order valence-electron chi connectivity index (χ4n) is 5.36. The second-order valence-electron chi connectivity index (χ2n) is 10.8. The van der Waals surface area contributed by atoms with Gasteiger partial charge in [-0.3, -0.25) is 4.79 Å². The Hall–Kier alpha value is -3.97. The lowest BCUT2D eigenvalue weighted by Crippen LogP contribution is -2.65. The number of benzene rings is 4. The summed E-state index contributed by atoms with van der Waals surface area (Å²) in [6.07, 6.45) is -4.10. The number of esters is 1. The van der Waals surface area contributed by atoms with E-state index in [0.717, 1.165) is 22.3 Å². The van der Waals surface area contributed by atoms with Gasteiger partial charge in [0.05, 0.1) is 37.7 Å². The van der Waals surface area contributed by atoms with Gasteiger partial charge in [-0.2, -0.15) is 17.9 Å². The number of hydrogen-bond donors (Lipinski definition) is 1. The van der Waals surface area contributed by atoms with E-state index in [1.807, 2.05) is 127 Å². The van der Waals surface area contributed by atoms with Crippen molar-refractivity contribution in [2.24, 2.45) is 0 Å². The highest BCUT2D eigenvalue weighted by Crippen LogP contribution is 2.36. The van der Waals surface area contributed by atoms with Crippen molar-refractivity contribution in [3.05, 3.63) is 144 Å². The van der Waals surface area contributed by atoms with Crippen LogP contribution >= 0.6 is 12.6 Å². The van der Waals surface area contributed by atoms with Gasteiger partial charge in [-0.1, -0.05) is 121 Å². The van der Waals surface area contributed by atoms with Crippen molar-refractivity contribution in [2.75, 3.05) is 0 Å². The Morgan fingerprint density at radius 2 is 0.844 bits per heavy atom. The van der Waals surface area contributed by atoms with Crippen molar-refractivity contribution in [2.45, 2.75) is 68.6 Å². The summed E-state index contributed by atoms with van der Waals surface area (Å²) < 4.78 is 32.4. The molecule has 1 saturated carbocycles. The fraction of sp³-hybridized carbons (Fsp3) is 0.297. The van der Waals surface area contributed by atoms with E-state index < -0.39 is 48.2 Å². The molecule has 1 aliphatic carbocycles. The zero-order chi connectivity index (χ0) is 31.3. The van der Waals surface area contributed by atoms with Crippen molar-refractivity contribution in [3.63, 3.8) is 0 Å². The van der Waals surface area contributed by atoms with Gasteiger partial charge in [-0.05, 0) is 22.3 Å². The molecule has 0 amide bonds. The Morgan fingerprint density at radius 1 is 0.533 bits per heavy atom. The molecule has 1 aliphatic rings. The van der Waals surface area contributed by atoms with Crippen LogP contribution in [0.2, 0.25) is 0 Å². The van der Waals surface area contributed by atoms with Gasteiger partial charge in [0.15, 0.2) is 0 Å². The van der Waals surface area contributed by atoms with E-state index in [1.54, 1.807) is 0 Å². The van der Waals surface area contributed by atoms with Crippen molar-refractivity contribution < 1.29 is 28.5 Å². The molecule has 7 nitrogen and oxygen atoms in total. The molecule has 8 heteroatoms. The topological polar surface area (TPSA) is 87.0 Å². The van der Waals surface area contributed by atoms with Gasteiger partial charge in [-0.25, -0.2) is 0 Å². The Morgan fingerprint density at radius 3 is 1.20 bits per heavy atom. The van der Waals surface area contributed by atoms with Gasteiger partial charge in [0.25, 0.3) is 0 Å². The van der Waals surface area contributed by atoms with Crippen LogP contribution in [0.3, 0.4) is 0 Å². The highest BCUT2D eigenvalue weighted by atomic mass is 32.1. The molecule has 1 fully saturated rings. The average Bonchev–Trinajstić information content (AvgIpc) is 3.08. The lowest BCUT2D eigenvalue weighted by Gasteiger charge is -2.48. The van der Waals surface area contributed by atoms with Crippen LogP contribution in [-0.2, 0) is 54.9 Å². The smallest absolute Gasteiger partial charge is 0.320 e. The minimum absolute atomic E-state index is 0.241. The van der Waals surface area contributed by atoms with Gasteiger partial charge in [0, 0.05) is 0 Å². The Kier molecular flexibility index (Phi) is 12.2. The molecule has 0 bridgehead atoms. The third-order valence-electron chi connectivity index (χ3n) is 7.60. The molecule has 0 aliphatic heterocycles. The molecule has 232 valence electrons. The predicted molar refractivity (Wildman–Crippen MR) is 173 cm³/mol. The molecule has 0 aromatic heterocycles. The van der Waals surface area contributed by atoms with Crippen molar-refractivity contribution in [3.8, 4) is 6.07 Å². The van der Waals surface area contributed by atoms with Gasteiger partial charge >= 0.3 is 5.97 Å². The zero-order valence-electron chi connectivity index (χ0n) is 24.9. The number of hydrogen-bond acceptors (Lipinski definition) is 8. The lowest BCUT2D eigenvalue weighted by atomic mass is 9.85. The summed E-state index contributed by atoms with van der Waals surface area (Å²) in [6.45, 7) is 1.09. The minimum atomic E-state index is -0.893. The van der Waals surface area contributed by atoms with E-state index in [4.69, 9.17) is 36.3 Å². The third kappa shape index (κ3) is 9.27. The lowest BCUT2D eigenvalue weighted by molar-refractivity contribution is -0.243. The quantitative estimate of drug-likeness (QED) is 0.127. The Labute approximate surface area is 270 Å². The largest absolute Gasteiger partial charge is 0.457 e. The van der Waals surface area contributed by atoms with Crippen LogP contribution in [0.15, 0.2) is 121 Å². The normalized spacial score (nSPS) is 22.8. The maximum absolute atomic E-state index is 12.8. The van der Waals surface area contributed by atoms with Gasteiger partial charge in [0.1, 0.15) is 36.9 Å². The summed E-state index contributed by atoms with van der Waals surface area (Å²) in [5.41, 5.74) is 3.87. The van der Waals surface area contributed by atoms with Crippen LogP contribution < -0.4 is 0 Å². The molecular formula is C37H37NO6S. The van der Waals surface area contributed by atoms with E-state index in [1.165, 1.54) is 0 Å². The van der Waals surface area contributed by atoms with Crippen LogP contribution in [0, 0.1) is 11.3 Å². The maximum Gasteiger partial charge on any atom is 0.320 e. The van der Waals surface area contributed by atoms with Gasteiger partial charge in [0.2, 0.25) is 0 Å². The molecular weight excluding hydrogens is 586 g/mol. The van der Waals surface area contributed by atoms with Crippen LogP contribution in [0.25, 0.3) is 0 Å². The second kappa shape index (κ2) is 16.9. The summed E-state index contributed by atoms with van der Waals surface area (Å²) in [5.74, 6) is -0.665. The van der Waals surface area contributed by atoms with E-state index in [-0.39, 0.29) is 19.8 Å². The summed E-state index contributed by atoms with van der Waals surface area (Å²) in [6, 6.07) is 41.1. The van der Waals surface area contributed by atoms with E-state index in [2.05, 4.69) is 0 Å². The van der Waals surface area contributed by atoms with Crippen LogP contribution in [-0.4, -0.2) is 41.7 Å². The fourth-order valence-corrected chi connectivity index (χ4v) is 5.85. The first-order chi connectivity index (χ1) is 22.1. The first-order valence-electron chi connectivity index (χ1n) is 15.0. The molecule has 0 spiro atoms. The molecule has 0 radical (unpaired) electrons. The molecule has 0 unspecified atom stereocenters. The second-order valence-corrected chi connectivity index (χ2v) is 11.4. The first-order valence-corrected chi connectivity index (χ1v) is 15.5. The van der Waals surface area contributed by atoms with Crippen LogP contribution in [0.4, 0.5) is 0 Å². The average molecular weight is 624 g/mol. The monoisotopic (exact) mass is 623 g/mol. The minimum Gasteiger partial charge on any atom is -0.457 e. The summed E-state index contributed by atoms with van der Waals surface area (Å²) in [5, 5.41) is 8.57. The molecule has 0 N–H and O–H groups in total. The number of carbonyl (C=O) groups excluding carboxylic acids is 1. The summed E-state index contributed by atoms with van der Waals surface area (Å²) >= 11 is 5.00. The number of thiol groups is 1. The molecule has 0 heterocycles. The SMILES string of the molecule is N#CCC(=O)O[C@H]1[C@@H](S)[C@H](OCc2ccccc2)[C@@H](OCc2ccccc2)[C@H](OCc2ccccc2)[C@H]1OCc1ccccc1. The third-order valence-corrected chi connectivity index (χ3v) is 8.19. The van der Waals surface area contributed by atoms with E-state index >= 15 is 0 Å². The molecule has 4 aromatic carbocycles. The van der Waals surface area contributed by atoms with E-state index in [0.29, 0.717) is 6.61 Å². The molecule has 5 rings (SSSR count). The summed E-state index contributed by atoms with van der Waals surface area (Å²) in [7, 11) is 0. The number of ether oxygens (including phenoxy) is 5. The van der Waals surface area contributed by atoms with Crippen molar-refractivity contribution >= 4 is 18.6 Å². The number of rotatable bonds is 14. The number of carbonyl (C=O) groups is 1. The van der Waals surface area contributed by atoms with Crippen LogP contribution in [0.5, 0.6) is 0 Å². The van der Waals surface area contributed by atoms with Crippen LogP contribution in [0.1, 0.15) is 28.7 Å². The predicted octanol–water partition coefficient (Wildman–Crippen LogP) is 6.47. The molecule has 4 aromatic rings. The Bertz CT molecular complexity index is 1490. The van der Waals surface area contributed by atoms with Crippen molar-refractivity contribution in [1.29, 1.82) is 5.26 Å². The molecule has 0 saturated heterocycles. The highest BCUT2D eigenvalue weighted by molar-refractivity contribution is 7.81. The first kappa shape index (κ1) is 32.4. The number of nitriles is 1. The zero-order valence-corrected chi connectivity index (χ0v) is 25.8. The standard InChI is InChI=1S/C37H37NO6S/c38-22-21-31(39)44-36-34(42-25-29-17-9-3-10-18-29)32(40-23-27-13-5-1-6-14-27)33(41-24-28-15-7-2-8-16-28)35(37(36)45)43-26-30-19-11-4-12-20-30/h1-20,32-37,45H,21,23-26H2/t32-,33-,34+,35+,36+,37-/m0/s1. The van der Waals surface area contributed by atoms with Crippen molar-refractivity contribution in [1.82, 2.24) is 0 Å².